The quantitative estimate of drug-likeness (QED) is 0.698. The van der Waals surface area contributed by atoms with Gasteiger partial charge in [-0.3, -0.25) is 4.98 Å². The van der Waals surface area contributed by atoms with Crippen molar-refractivity contribution < 1.29 is 0 Å². The maximum Gasteiger partial charge on any atom is 0.0702 e. The predicted octanol–water partition coefficient (Wildman–Crippen LogP) is 4.12. The molecule has 0 N–H and O–H groups in total. The van der Waals surface area contributed by atoms with Gasteiger partial charge < -0.3 is 0 Å². The van der Waals surface area contributed by atoms with Gasteiger partial charge >= 0.3 is 0 Å². The second-order valence-electron chi connectivity index (χ2n) is 2.84. The van der Waals surface area contributed by atoms with Crippen molar-refractivity contribution in [2.24, 2.45) is 0 Å². The van der Waals surface area contributed by atoms with E-state index in [-0.39, 0.29) is 0 Å². The van der Waals surface area contributed by atoms with Crippen molar-refractivity contribution in [3.8, 4) is 11.3 Å². The maximum absolute atomic E-state index is 4.30. The van der Waals surface area contributed by atoms with Gasteiger partial charge in [-0.05, 0) is 62.8 Å². The summed E-state index contributed by atoms with van der Waals surface area (Å²) in [4.78, 5) is 4.30. The van der Waals surface area contributed by atoms with Crippen LogP contribution in [0.5, 0.6) is 0 Å². The Bertz CT molecular complexity index is 442. The van der Waals surface area contributed by atoms with Gasteiger partial charge in [-0.25, -0.2) is 0 Å². The third-order valence-electron chi connectivity index (χ3n) is 1.88. The van der Waals surface area contributed by atoms with Gasteiger partial charge in [0.2, 0.25) is 0 Å². The molecule has 1 heterocycles. The van der Waals surface area contributed by atoms with Crippen molar-refractivity contribution >= 4 is 38.5 Å². The summed E-state index contributed by atoms with van der Waals surface area (Å²) in [5.74, 6) is 0. The van der Waals surface area contributed by atoms with Crippen molar-refractivity contribution in [3.63, 3.8) is 0 Å². The lowest BCUT2D eigenvalue weighted by atomic mass is 10.1. The molecule has 0 bridgehead atoms. The zero-order chi connectivity index (χ0) is 9.97. The first-order valence-electron chi connectivity index (χ1n) is 4.14. The van der Waals surface area contributed by atoms with E-state index in [1.165, 1.54) is 3.57 Å². The third-order valence-corrected chi connectivity index (χ3v) is 4.22. The van der Waals surface area contributed by atoms with Crippen LogP contribution in [0.4, 0.5) is 0 Å². The lowest BCUT2D eigenvalue weighted by Crippen LogP contribution is -1.83. The highest BCUT2D eigenvalue weighted by Gasteiger charge is 2.01. The van der Waals surface area contributed by atoms with Gasteiger partial charge in [0.25, 0.3) is 0 Å². The highest BCUT2D eigenvalue weighted by molar-refractivity contribution is 14.1. The van der Waals surface area contributed by atoms with Crippen molar-refractivity contribution in [2.45, 2.75) is 0 Å². The van der Waals surface area contributed by atoms with Gasteiger partial charge in [0.15, 0.2) is 0 Å². The fourth-order valence-corrected chi connectivity index (χ4v) is 1.90. The first kappa shape index (κ1) is 10.1. The molecule has 3 heteroatoms. The van der Waals surface area contributed by atoms with Crippen molar-refractivity contribution in [3.05, 3.63) is 50.6 Å². The van der Waals surface area contributed by atoms with E-state index in [2.05, 4.69) is 61.7 Å². The molecule has 0 aliphatic heterocycles. The molecule has 0 unspecified atom stereocenters. The van der Waals surface area contributed by atoms with Crippen LogP contribution in [0.1, 0.15) is 0 Å². The van der Waals surface area contributed by atoms with Crippen LogP contribution in [-0.4, -0.2) is 4.98 Å². The molecule has 2 rings (SSSR count). The molecule has 0 spiro atoms. The number of hydrogen-bond acceptors (Lipinski definition) is 1. The van der Waals surface area contributed by atoms with Gasteiger partial charge in [0.05, 0.1) is 5.69 Å². The molecular formula is C11H7BrIN. The molecule has 0 amide bonds. The molecule has 2 aromatic rings. The molecule has 1 nitrogen and oxygen atoms in total. The fraction of sp³-hybridized carbons (Fsp3) is 0. The zero-order valence-corrected chi connectivity index (χ0v) is 11.0. The number of aromatic nitrogens is 1. The summed E-state index contributed by atoms with van der Waals surface area (Å²) >= 11 is 5.80. The van der Waals surface area contributed by atoms with Gasteiger partial charge in [-0.2, -0.15) is 0 Å². The molecule has 0 saturated heterocycles. The van der Waals surface area contributed by atoms with Crippen LogP contribution in [0.2, 0.25) is 0 Å². The van der Waals surface area contributed by atoms with Gasteiger partial charge in [0, 0.05) is 19.8 Å². The number of nitrogens with zero attached hydrogens (tertiary/aromatic N) is 1. The summed E-state index contributed by atoms with van der Waals surface area (Å²) in [6.45, 7) is 0. The fourth-order valence-electron chi connectivity index (χ4n) is 1.19. The minimum atomic E-state index is 1.00. The Labute approximate surface area is 105 Å². The molecule has 0 radical (unpaired) electrons. The van der Waals surface area contributed by atoms with Gasteiger partial charge in [-0.1, -0.05) is 12.1 Å². The molecular weight excluding hydrogens is 353 g/mol. The summed E-state index contributed by atoms with van der Waals surface area (Å²) in [5, 5.41) is 0. The maximum atomic E-state index is 4.30. The smallest absolute Gasteiger partial charge is 0.0702 e. The van der Waals surface area contributed by atoms with E-state index in [0.29, 0.717) is 0 Å². The van der Waals surface area contributed by atoms with E-state index in [0.717, 1.165) is 15.7 Å². The minimum absolute atomic E-state index is 1.00. The summed E-state index contributed by atoms with van der Waals surface area (Å²) in [6.07, 6.45) is 1.81. The number of pyridine rings is 1. The number of halogens is 2. The van der Waals surface area contributed by atoms with Crippen LogP contribution >= 0.6 is 38.5 Å². The second kappa shape index (κ2) is 4.40. The predicted molar refractivity (Wildman–Crippen MR) is 70.1 cm³/mol. The lowest BCUT2D eigenvalue weighted by molar-refractivity contribution is 1.32. The molecule has 0 atom stereocenters. The number of hydrogen-bond donors (Lipinski definition) is 0. The highest BCUT2D eigenvalue weighted by atomic mass is 127. The Morgan fingerprint density at radius 1 is 1.14 bits per heavy atom. The van der Waals surface area contributed by atoms with Crippen LogP contribution in [0.15, 0.2) is 47.1 Å². The van der Waals surface area contributed by atoms with Crippen LogP contribution in [0.3, 0.4) is 0 Å². The third kappa shape index (κ3) is 2.15. The largest absolute Gasteiger partial charge is 0.256 e. The standard InChI is InChI=1S/C11H7BrIN/c12-9-7-8(4-5-10(9)13)11-3-1-2-6-14-11/h1-7H. The van der Waals surface area contributed by atoms with Gasteiger partial charge in [0.1, 0.15) is 0 Å². The zero-order valence-electron chi connectivity index (χ0n) is 7.24. The van der Waals surface area contributed by atoms with Crippen LogP contribution in [-0.2, 0) is 0 Å². The average molecular weight is 360 g/mol. The SMILES string of the molecule is Brc1cc(-c2ccccn2)ccc1I. The Morgan fingerprint density at radius 2 is 2.00 bits per heavy atom. The van der Waals surface area contributed by atoms with Crippen LogP contribution in [0.25, 0.3) is 11.3 Å². The van der Waals surface area contributed by atoms with Crippen molar-refractivity contribution in [2.75, 3.05) is 0 Å². The molecule has 14 heavy (non-hydrogen) atoms. The van der Waals surface area contributed by atoms with E-state index < -0.39 is 0 Å². The molecule has 0 aliphatic rings. The number of benzene rings is 1. The molecule has 0 aliphatic carbocycles. The topological polar surface area (TPSA) is 12.9 Å². The molecule has 0 saturated carbocycles. The lowest BCUT2D eigenvalue weighted by Gasteiger charge is -2.02. The van der Waals surface area contributed by atoms with Crippen molar-refractivity contribution in [1.29, 1.82) is 0 Å². The summed E-state index contributed by atoms with van der Waals surface area (Å²) in [5.41, 5.74) is 2.14. The van der Waals surface area contributed by atoms with E-state index in [1.807, 2.05) is 18.2 Å². The van der Waals surface area contributed by atoms with Crippen LogP contribution < -0.4 is 0 Å². The van der Waals surface area contributed by atoms with Crippen molar-refractivity contribution in [1.82, 2.24) is 4.98 Å². The van der Waals surface area contributed by atoms with E-state index in [9.17, 15) is 0 Å². The van der Waals surface area contributed by atoms with Crippen LogP contribution in [0, 0.1) is 3.57 Å². The van der Waals surface area contributed by atoms with Gasteiger partial charge in [-0.15, -0.1) is 0 Å². The molecule has 1 aromatic heterocycles. The summed E-state index contributed by atoms with van der Waals surface area (Å²) < 4.78 is 2.32. The first-order chi connectivity index (χ1) is 6.77. The minimum Gasteiger partial charge on any atom is -0.256 e. The average Bonchev–Trinajstić information content (AvgIpc) is 2.23. The highest BCUT2D eigenvalue weighted by Crippen LogP contribution is 2.25. The molecule has 70 valence electrons. The van der Waals surface area contributed by atoms with E-state index >= 15 is 0 Å². The Balaban J connectivity index is 2.48. The number of rotatable bonds is 1. The van der Waals surface area contributed by atoms with E-state index in [1.54, 1.807) is 6.20 Å². The second-order valence-corrected chi connectivity index (χ2v) is 4.86. The van der Waals surface area contributed by atoms with E-state index in [4.69, 9.17) is 0 Å². The normalized spacial score (nSPS) is 10.1. The summed E-state index contributed by atoms with van der Waals surface area (Å²) in [6, 6.07) is 12.2. The molecule has 1 aromatic carbocycles. The Kier molecular flexibility index (Phi) is 3.18. The summed E-state index contributed by atoms with van der Waals surface area (Å²) in [7, 11) is 0. The Hall–Kier alpha value is -0.420. The first-order valence-corrected chi connectivity index (χ1v) is 6.01. The monoisotopic (exact) mass is 359 g/mol. The molecule has 0 fully saturated rings. The Morgan fingerprint density at radius 3 is 2.64 bits per heavy atom.